The zero-order chi connectivity index (χ0) is 13.8. The van der Waals surface area contributed by atoms with Gasteiger partial charge in [-0.3, -0.25) is 4.90 Å². The number of para-hydroxylation sites is 1. The molecule has 1 aliphatic heterocycles. The lowest BCUT2D eigenvalue weighted by molar-refractivity contribution is -0.138. The van der Waals surface area contributed by atoms with Gasteiger partial charge in [-0.25, -0.2) is 9.59 Å². The number of fused-ring (bicyclic) bond motifs is 1. The largest absolute Gasteiger partial charge is 0.480 e. The summed E-state index contributed by atoms with van der Waals surface area (Å²) in [4.78, 5) is 24.8. The number of rotatable bonds is 4. The third-order valence-corrected chi connectivity index (χ3v) is 3.29. The van der Waals surface area contributed by atoms with Crippen molar-refractivity contribution in [1.82, 2.24) is 5.32 Å². The van der Waals surface area contributed by atoms with Crippen molar-refractivity contribution in [3.05, 3.63) is 29.8 Å². The summed E-state index contributed by atoms with van der Waals surface area (Å²) < 4.78 is 0. The van der Waals surface area contributed by atoms with E-state index in [4.69, 9.17) is 0 Å². The van der Waals surface area contributed by atoms with Crippen LogP contribution in [0.1, 0.15) is 25.3 Å². The van der Waals surface area contributed by atoms with Crippen LogP contribution in [0.4, 0.5) is 10.5 Å². The Morgan fingerprint density at radius 3 is 2.84 bits per heavy atom. The molecule has 2 N–H and O–H groups in total. The number of carbonyl (C=O) groups is 2. The average molecular weight is 262 g/mol. The summed E-state index contributed by atoms with van der Waals surface area (Å²) in [6, 6.07) is 6.19. The van der Waals surface area contributed by atoms with Gasteiger partial charge in [0.15, 0.2) is 0 Å². The molecule has 19 heavy (non-hydrogen) atoms. The van der Waals surface area contributed by atoms with Crippen LogP contribution < -0.4 is 10.2 Å². The Balaban J connectivity index is 2.19. The number of carboxylic acids is 1. The van der Waals surface area contributed by atoms with Crippen molar-refractivity contribution in [2.24, 2.45) is 0 Å². The first kappa shape index (κ1) is 13.4. The van der Waals surface area contributed by atoms with Crippen molar-refractivity contribution in [2.75, 3.05) is 11.4 Å². The number of unbranched alkanes of at least 4 members (excludes halogenated alkanes) is 1. The highest BCUT2D eigenvalue weighted by Crippen LogP contribution is 2.32. The van der Waals surface area contributed by atoms with E-state index >= 15 is 0 Å². The number of aliphatic carboxylic acids is 1. The molecule has 0 fully saturated rings. The molecule has 0 saturated heterocycles. The summed E-state index contributed by atoms with van der Waals surface area (Å²) in [6.45, 7) is 2.61. The van der Waals surface area contributed by atoms with Crippen LogP contribution in [-0.2, 0) is 11.2 Å². The first-order valence-corrected chi connectivity index (χ1v) is 6.53. The molecule has 1 aliphatic rings. The molecule has 0 spiro atoms. The molecule has 0 saturated carbocycles. The van der Waals surface area contributed by atoms with E-state index < -0.39 is 12.0 Å². The van der Waals surface area contributed by atoms with Gasteiger partial charge in [0.25, 0.3) is 0 Å². The molecular formula is C14H18N2O3. The minimum absolute atomic E-state index is 0.328. The molecule has 1 aromatic carbocycles. The van der Waals surface area contributed by atoms with Crippen LogP contribution in [0.15, 0.2) is 24.3 Å². The van der Waals surface area contributed by atoms with Gasteiger partial charge < -0.3 is 10.4 Å². The van der Waals surface area contributed by atoms with Crippen molar-refractivity contribution >= 4 is 17.7 Å². The van der Waals surface area contributed by atoms with Gasteiger partial charge in [0.2, 0.25) is 0 Å². The Hall–Kier alpha value is -2.04. The highest BCUT2D eigenvalue weighted by Gasteiger charge is 2.38. The molecule has 102 valence electrons. The number of carboxylic acid groups (broad SMARTS) is 1. The van der Waals surface area contributed by atoms with Gasteiger partial charge in [0.1, 0.15) is 6.04 Å². The van der Waals surface area contributed by atoms with Crippen molar-refractivity contribution in [1.29, 1.82) is 0 Å². The fraction of sp³-hybridized carbons (Fsp3) is 0.429. The van der Waals surface area contributed by atoms with Crippen molar-refractivity contribution in [2.45, 2.75) is 32.2 Å². The molecule has 1 aromatic rings. The second-order valence-corrected chi connectivity index (χ2v) is 4.64. The maximum absolute atomic E-state index is 12.1. The first-order chi connectivity index (χ1) is 9.15. The molecule has 1 unspecified atom stereocenters. The summed E-state index contributed by atoms with van der Waals surface area (Å²) in [6.07, 6.45) is 2.24. The van der Waals surface area contributed by atoms with Crippen LogP contribution in [0.5, 0.6) is 0 Å². The van der Waals surface area contributed by atoms with E-state index in [1.54, 1.807) is 6.07 Å². The number of hydrogen-bond donors (Lipinski definition) is 2. The maximum Gasteiger partial charge on any atom is 0.327 e. The second kappa shape index (κ2) is 5.73. The maximum atomic E-state index is 12.1. The standard InChI is InChI=1S/C14H18N2O3/c1-2-3-8-15-14(19)16-11-7-5-4-6-10(11)9-12(16)13(17)18/h4-7,12H,2-3,8-9H2,1H3,(H,15,19)(H,17,18). The Kier molecular flexibility index (Phi) is 4.04. The summed E-state index contributed by atoms with van der Waals surface area (Å²) in [5.41, 5.74) is 1.60. The molecule has 5 heteroatoms. The van der Waals surface area contributed by atoms with E-state index in [1.165, 1.54) is 4.90 Å². The first-order valence-electron chi connectivity index (χ1n) is 6.53. The normalized spacial score (nSPS) is 17.1. The number of hydrogen-bond acceptors (Lipinski definition) is 2. The van der Waals surface area contributed by atoms with Gasteiger partial charge in [0, 0.05) is 18.7 Å². The number of nitrogens with one attached hydrogen (secondary N) is 1. The van der Waals surface area contributed by atoms with Crippen molar-refractivity contribution in [3.63, 3.8) is 0 Å². The SMILES string of the molecule is CCCCNC(=O)N1c2ccccc2CC1C(=O)O. The second-order valence-electron chi connectivity index (χ2n) is 4.64. The molecule has 0 bridgehead atoms. The van der Waals surface area contributed by atoms with E-state index in [0.717, 1.165) is 18.4 Å². The minimum atomic E-state index is -0.971. The molecule has 2 rings (SSSR count). The summed E-state index contributed by atoms with van der Waals surface area (Å²) >= 11 is 0. The number of nitrogens with zero attached hydrogens (tertiary/aromatic N) is 1. The Morgan fingerprint density at radius 2 is 2.16 bits per heavy atom. The zero-order valence-electron chi connectivity index (χ0n) is 10.9. The fourth-order valence-corrected chi connectivity index (χ4v) is 2.29. The minimum Gasteiger partial charge on any atom is -0.480 e. The van der Waals surface area contributed by atoms with E-state index in [1.807, 2.05) is 25.1 Å². The average Bonchev–Trinajstić information content (AvgIpc) is 2.78. The van der Waals surface area contributed by atoms with Crippen LogP contribution >= 0.6 is 0 Å². The van der Waals surface area contributed by atoms with Crippen LogP contribution in [0.2, 0.25) is 0 Å². The predicted molar refractivity (Wildman–Crippen MR) is 72.4 cm³/mol. The number of anilines is 1. The van der Waals surface area contributed by atoms with E-state index in [9.17, 15) is 14.7 Å². The predicted octanol–water partition coefficient (Wildman–Crippen LogP) is 2.01. The van der Waals surface area contributed by atoms with Gasteiger partial charge in [0.05, 0.1) is 0 Å². The number of benzene rings is 1. The molecule has 1 heterocycles. The van der Waals surface area contributed by atoms with E-state index in [2.05, 4.69) is 5.32 Å². The highest BCUT2D eigenvalue weighted by molar-refractivity contribution is 6.01. The van der Waals surface area contributed by atoms with Gasteiger partial charge in [-0.1, -0.05) is 31.5 Å². The lowest BCUT2D eigenvalue weighted by atomic mass is 10.1. The Labute approximate surface area is 112 Å². The fourth-order valence-electron chi connectivity index (χ4n) is 2.29. The zero-order valence-corrected chi connectivity index (χ0v) is 10.9. The monoisotopic (exact) mass is 262 g/mol. The van der Waals surface area contributed by atoms with E-state index in [0.29, 0.717) is 18.7 Å². The molecule has 1 atom stereocenters. The Bertz CT molecular complexity index is 487. The van der Waals surface area contributed by atoms with Gasteiger partial charge >= 0.3 is 12.0 Å². The summed E-state index contributed by atoms with van der Waals surface area (Å²) in [5, 5.41) is 12.0. The number of urea groups is 1. The molecule has 0 radical (unpaired) electrons. The lowest BCUT2D eigenvalue weighted by Gasteiger charge is -2.22. The highest BCUT2D eigenvalue weighted by atomic mass is 16.4. The van der Waals surface area contributed by atoms with Crippen LogP contribution in [0.3, 0.4) is 0 Å². The van der Waals surface area contributed by atoms with Crippen molar-refractivity contribution in [3.8, 4) is 0 Å². The molecule has 0 aliphatic carbocycles. The van der Waals surface area contributed by atoms with Crippen LogP contribution in [0, 0.1) is 0 Å². The third kappa shape index (κ3) is 2.70. The smallest absolute Gasteiger partial charge is 0.327 e. The molecule has 0 aromatic heterocycles. The van der Waals surface area contributed by atoms with Gasteiger partial charge in [-0.15, -0.1) is 0 Å². The molecular weight excluding hydrogens is 244 g/mol. The lowest BCUT2D eigenvalue weighted by Crippen LogP contribution is -2.48. The van der Waals surface area contributed by atoms with Crippen molar-refractivity contribution < 1.29 is 14.7 Å². The summed E-state index contributed by atoms with van der Waals surface area (Å²) in [7, 11) is 0. The summed E-state index contributed by atoms with van der Waals surface area (Å²) in [5.74, 6) is -0.971. The Morgan fingerprint density at radius 1 is 1.42 bits per heavy atom. The molecule has 2 amide bonds. The van der Waals surface area contributed by atoms with E-state index in [-0.39, 0.29) is 6.03 Å². The topological polar surface area (TPSA) is 69.6 Å². The number of carbonyl (C=O) groups excluding carboxylic acids is 1. The third-order valence-electron chi connectivity index (χ3n) is 3.29. The van der Waals surface area contributed by atoms with Gasteiger partial charge in [-0.2, -0.15) is 0 Å². The molecule has 5 nitrogen and oxygen atoms in total. The van der Waals surface area contributed by atoms with Crippen LogP contribution in [-0.4, -0.2) is 29.7 Å². The van der Waals surface area contributed by atoms with Gasteiger partial charge in [-0.05, 0) is 18.1 Å². The number of amides is 2. The van der Waals surface area contributed by atoms with Crippen LogP contribution in [0.25, 0.3) is 0 Å². The quantitative estimate of drug-likeness (QED) is 0.815.